The fraction of sp³-hybridized carbons (Fsp3) is 0.647. The van der Waals surface area contributed by atoms with E-state index in [4.69, 9.17) is 0 Å². The van der Waals surface area contributed by atoms with Gasteiger partial charge >= 0.3 is 0 Å². The molecule has 1 aliphatic rings. The molecule has 106 valence electrons. The molecule has 1 aliphatic carbocycles. The molecular formula is C17H28N2. The highest BCUT2D eigenvalue weighted by Gasteiger charge is 2.28. The lowest BCUT2D eigenvalue weighted by molar-refractivity contribution is 0.281. The van der Waals surface area contributed by atoms with E-state index in [0.29, 0.717) is 6.04 Å². The third-order valence-corrected chi connectivity index (χ3v) is 4.08. The summed E-state index contributed by atoms with van der Waals surface area (Å²) >= 11 is 0. The summed E-state index contributed by atoms with van der Waals surface area (Å²) in [5, 5.41) is 3.72. The average molecular weight is 260 g/mol. The lowest BCUT2D eigenvalue weighted by Crippen LogP contribution is -2.35. The molecular weight excluding hydrogens is 232 g/mol. The molecule has 1 N–H and O–H groups in total. The van der Waals surface area contributed by atoms with E-state index >= 15 is 0 Å². The van der Waals surface area contributed by atoms with Gasteiger partial charge in [-0.25, -0.2) is 0 Å². The van der Waals surface area contributed by atoms with E-state index in [-0.39, 0.29) is 0 Å². The van der Waals surface area contributed by atoms with Crippen molar-refractivity contribution in [2.45, 2.75) is 52.1 Å². The highest BCUT2D eigenvalue weighted by atomic mass is 15.2. The van der Waals surface area contributed by atoms with Crippen LogP contribution in [0.15, 0.2) is 18.2 Å². The van der Waals surface area contributed by atoms with Crippen molar-refractivity contribution < 1.29 is 0 Å². The van der Waals surface area contributed by atoms with Crippen LogP contribution in [0.25, 0.3) is 0 Å². The molecule has 1 unspecified atom stereocenters. The maximum absolute atomic E-state index is 3.72. The van der Waals surface area contributed by atoms with Gasteiger partial charge in [0.1, 0.15) is 0 Å². The van der Waals surface area contributed by atoms with E-state index in [2.05, 4.69) is 56.2 Å². The van der Waals surface area contributed by atoms with Gasteiger partial charge in [0.2, 0.25) is 0 Å². The molecule has 1 saturated carbocycles. The number of likely N-dealkylation sites (N-methyl/N-ethyl adjacent to an activating group) is 1. The van der Waals surface area contributed by atoms with Gasteiger partial charge in [0, 0.05) is 18.6 Å². The van der Waals surface area contributed by atoms with E-state index in [1.807, 2.05) is 0 Å². The Labute approximate surface area is 118 Å². The summed E-state index contributed by atoms with van der Waals surface area (Å²) in [6.07, 6.45) is 3.95. The number of aryl methyl sites for hydroxylation is 2. The molecule has 0 bridgehead atoms. The number of nitrogens with zero attached hydrogens (tertiary/aromatic N) is 1. The predicted octanol–water partition coefficient (Wildman–Crippen LogP) is 3.44. The first-order valence-electron chi connectivity index (χ1n) is 7.62. The normalized spacial score (nSPS) is 16.9. The maximum atomic E-state index is 3.72. The van der Waals surface area contributed by atoms with E-state index in [1.165, 1.54) is 36.0 Å². The molecule has 1 fully saturated rings. The zero-order valence-corrected chi connectivity index (χ0v) is 12.9. The van der Waals surface area contributed by atoms with E-state index in [0.717, 1.165) is 19.1 Å². The molecule has 19 heavy (non-hydrogen) atoms. The number of hydrogen-bond acceptors (Lipinski definition) is 2. The van der Waals surface area contributed by atoms with Gasteiger partial charge in [-0.1, -0.05) is 30.7 Å². The smallest absolute Gasteiger partial charge is 0.0451 e. The maximum Gasteiger partial charge on any atom is 0.0451 e. The molecule has 1 aromatic carbocycles. The first kappa shape index (κ1) is 14.5. The van der Waals surface area contributed by atoms with Gasteiger partial charge in [-0.3, -0.25) is 0 Å². The van der Waals surface area contributed by atoms with Crippen molar-refractivity contribution in [1.29, 1.82) is 0 Å². The number of rotatable bonds is 7. The second-order valence-electron chi connectivity index (χ2n) is 6.04. The Hall–Kier alpha value is -0.860. The first-order valence-corrected chi connectivity index (χ1v) is 7.62. The molecule has 0 spiro atoms. The topological polar surface area (TPSA) is 15.3 Å². The Balaban J connectivity index is 2.10. The van der Waals surface area contributed by atoms with Crippen molar-refractivity contribution in [3.05, 3.63) is 34.9 Å². The van der Waals surface area contributed by atoms with Crippen LogP contribution in [0.2, 0.25) is 0 Å². The number of hydrogen-bond donors (Lipinski definition) is 1. The third-order valence-electron chi connectivity index (χ3n) is 4.08. The average Bonchev–Trinajstić information content (AvgIpc) is 3.19. The Morgan fingerprint density at radius 1 is 1.32 bits per heavy atom. The van der Waals surface area contributed by atoms with Crippen LogP contribution in [-0.4, -0.2) is 31.1 Å². The van der Waals surface area contributed by atoms with Crippen molar-refractivity contribution in [2.24, 2.45) is 0 Å². The summed E-state index contributed by atoms with van der Waals surface area (Å²) in [5.41, 5.74) is 4.23. The zero-order valence-electron chi connectivity index (χ0n) is 12.9. The summed E-state index contributed by atoms with van der Waals surface area (Å²) in [6, 6.07) is 8.13. The first-order chi connectivity index (χ1) is 9.11. The van der Waals surface area contributed by atoms with Crippen LogP contribution in [0.4, 0.5) is 0 Å². The molecule has 2 heteroatoms. The van der Waals surface area contributed by atoms with Crippen LogP contribution in [0.5, 0.6) is 0 Å². The molecule has 0 heterocycles. The SMILES string of the molecule is CCCNC(CN(C)C1CC1)c1ccc(C)cc1C. The molecule has 2 rings (SSSR count). The summed E-state index contributed by atoms with van der Waals surface area (Å²) in [4.78, 5) is 2.52. The number of nitrogens with one attached hydrogen (secondary N) is 1. The van der Waals surface area contributed by atoms with Crippen LogP contribution < -0.4 is 5.32 Å². The van der Waals surface area contributed by atoms with Gasteiger partial charge in [0.15, 0.2) is 0 Å². The zero-order chi connectivity index (χ0) is 13.8. The molecule has 2 nitrogen and oxygen atoms in total. The van der Waals surface area contributed by atoms with Crippen molar-refractivity contribution in [2.75, 3.05) is 20.1 Å². The monoisotopic (exact) mass is 260 g/mol. The Morgan fingerprint density at radius 2 is 2.05 bits per heavy atom. The second-order valence-corrected chi connectivity index (χ2v) is 6.04. The highest BCUT2D eigenvalue weighted by molar-refractivity contribution is 5.33. The van der Waals surface area contributed by atoms with E-state index < -0.39 is 0 Å². The van der Waals surface area contributed by atoms with Crippen molar-refractivity contribution in [1.82, 2.24) is 10.2 Å². The molecule has 1 aromatic rings. The Morgan fingerprint density at radius 3 is 2.63 bits per heavy atom. The minimum absolute atomic E-state index is 0.464. The highest BCUT2D eigenvalue weighted by Crippen LogP contribution is 2.28. The van der Waals surface area contributed by atoms with Gasteiger partial charge in [0.05, 0.1) is 0 Å². The Kier molecular flexibility index (Phi) is 5.00. The van der Waals surface area contributed by atoms with Crippen LogP contribution in [-0.2, 0) is 0 Å². The lowest BCUT2D eigenvalue weighted by atomic mass is 9.98. The fourth-order valence-corrected chi connectivity index (χ4v) is 2.76. The standard InChI is InChI=1S/C17H28N2/c1-5-10-18-17(12-19(4)15-7-8-15)16-9-6-13(2)11-14(16)3/h6,9,11,15,17-18H,5,7-8,10,12H2,1-4H3. The third kappa shape index (κ3) is 4.05. The summed E-state index contributed by atoms with van der Waals surface area (Å²) < 4.78 is 0. The largest absolute Gasteiger partial charge is 0.309 e. The van der Waals surface area contributed by atoms with Crippen LogP contribution in [0.3, 0.4) is 0 Å². The second kappa shape index (κ2) is 6.53. The van der Waals surface area contributed by atoms with Gasteiger partial charge in [-0.05, 0) is 57.8 Å². The predicted molar refractivity (Wildman–Crippen MR) is 82.6 cm³/mol. The van der Waals surface area contributed by atoms with Crippen molar-refractivity contribution in [3.63, 3.8) is 0 Å². The summed E-state index contributed by atoms with van der Waals surface area (Å²) in [6.45, 7) is 8.85. The van der Waals surface area contributed by atoms with Crippen LogP contribution >= 0.6 is 0 Å². The number of benzene rings is 1. The van der Waals surface area contributed by atoms with Gasteiger partial charge in [0.25, 0.3) is 0 Å². The molecule has 0 aliphatic heterocycles. The van der Waals surface area contributed by atoms with Gasteiger partial charge in [-0.2, -0.15) is 0 Å². The molecule has 1 atom stereocenters. The van der Waals surface area contributed by atoms with Gasteiger partial charge < -0.3 is 10.2 Å². The summed E-state index contributed by atoms with van der Waals surface area (Å²) in [7, 11) is 2.27. The minimum atomic E-state index is 0.464. The summed E-state index contributed by atoms with van der Waals surface area (Å²) in [5.74, 6) is 0. The molecule has 0 aromatic heterocycles. The van der Waals surface area contributed by atoms with Crippen LogP contribution in [0, 0.1) is 13.8 Å². The van der Waals surface area contributed by atoms with Gasteiger partial charge in [-0.15, -0.1) is 0 Å². The molecule has 0 saturated heterocycles. The fourth-order valence-electron chi connectivity index (χ4n) is 2.76. The Bertz CT molecular complexity index is 410. The van der Waals surface area contributed by atoms with Crippen LogP contribution in [0.1, 0.15) is 48.9 Å². The van der Waals surface area contributed by atoms with Crippen molar-refractivity contribution >= 4 is 0 Å². The van der Waals surface area contributed by atoms with Crippen molar-refractivity contribution in [3.8, 4) is 0 Å². The van der Waals surface area contributed by atoms with E-state index in [9.17, 15) is 0 Å². The minimum Gasteiger partial charge on any atom is -0.309 e. The molecule has 0 amide bonds. The molecule has 0 radical (unpaired) electrons. The van der Waals surface area contributed by atoms with E-state index in [1.54, 1.807) is 0 Å². The quantitative estimate of drug-likeness (QED) is 0.808. The lowest BCUT2D eigenvalue weighted by Gasteiger charge is -2.26.